The van der Waals surface area contributed by atoms with Crippen molar-refractivity contribution in [1.29, 1.82) is 0 Å². The monoisotopic (exact) mass is 244 g/mol. The first-order valence-electron chi connectivity index (χ1n) is 5.98. The lowest BCUT2D eigenvalue weighted by molar-refractivity contribution is 0.303. The van der Waals surface area contributed by atoms with Gasteiger partial charge in [-0.25, -0.2) is 4.39 Å². The highest BCUT2D eigenvalue weighted by molar-refractivity contribution is 5.70. The van der Waals surface area contributed by atoms with Crippen molar-refractivity contribution in [3.05, 3.63) is 48.3 Å². The number of aromatic hydroxyl groups is 1. The van der Waals surface area contributed by atoms with E-state index >= 15 is 0 Å². The van der Waals surface area contributed by atoms with Crippen LogP contribution < -0.4 is 4.74 Å². The Labute approximate surface area is 105 Å². The quantitative estimate of drug-likeness (QED) is 0.891. The first kappa shape index (κ1) is 11.1. The van der Waals surface area contributed by atoms with Gasteiger partial charge in [0.25, 0.3) is 0 Å². The topological polar surface area (TPSA) is 29.5 Å². The van der Waals surface area contributed by atoms with Gasteiger partial charge in [-0.3, -0.25) is 0 Å². The fourth-order valence-electron chi connectivity index (χ4n) is 1.84. The van der Waals surface area contributed by atoms with Gasteiger partial charge in [-0.1, -0.05) is 12.1 Å². The average molecular weight is 244 g/mol. The van der Waals surface area contributed by atoms with Crippen LogP contribution in [-0.4, -0.2) is 11.2 Å². The van der Waals surface area contributed by atoms with Gasteiger partial charge in [0.1, 0.15) is 17.3 Å². The molecule has 1 aliphatic carbocycles. The number of halogens is 1. The Morgan fingerprint density at radius 3 is 2.39 bits per heavy atom. The van der Waals surface area contributed by atoms with Gasteiger partial charge in [0.15, 0.2) is 0 Å². The Morgan fingerprint density at radius 2 is 1.78 bits per heavy atom. The van der Waals surface area contributed by atoms with Gasteiger partial charge < -0.3 is 9.84 Å². The zero-order chi connectivity index (χ0) is 12.5. The van der Waals surface area contributed by atoms with Crippen molar-refractivity contribution in [3.63, 3.8) is 0 Å². The molecule has 0 saturated heterocycles. The Balaban J connectivity index is 1.86. The van der Waals surface area contributed by atoms with Crippen LogP contribution in [0.4, 0.5) is 4.39 Å². The minimum atomic E-state index is -0.440. The molecule has 1 fully saturated rings. The summed E-state index contributed by atoms with van der Waals surface area (Å²) < 4.78 is 18.5. The molecule has 3 rings (SSSR count). The van der Waals surface area contributed by atoms with Crippen molar-refractivity contribution in [1.82, 2.24) is 0 Å². The van der Waals surface area contributed by atoms with E-state index in [9.17, 15) is 9.50 Å². The van der Waals surface area contributed by atoms with Crippen molar-refractivity contribution in [2.24, 2.45) is 0 Å². The second kappa shape index (κ2) is 4.33. The molecule has 0 aliphatic heterocycles. The number of ether oxygens (including phenoxy) is 1. The maximum absolute atomic E-state index is 12.9. The van der Waals surface area contributed by atoms with Gasteiger partial charge in [-0.15, -0.1) is 0 Å². The summed E-state index contributed by atoms with van der Waals surface area (Å²) in [5.74, 6) is 0.346. The predicted octanol–water partition coefficient (Wildman–Crippen LogP) is 3.74. The summed E-state index contributed by atoms with van der Waals surface area (Å²) in [6, 6.07) is 11.5. The summed E-state index contributed by atoms with van der Waals surface area (Å²) in [4.78, 5) is 0. The van der Waals surface area contributed by atoms with Crippen molar-refractivity contribution in [3.8, 4) is 22.6 Å². The van der Waals surface area contributed by atoms with Crippen LogP contribution in [-0.2, 0) is 0 Å². The summed E-state index contributed by atoms with van der Waals surface area (Å²) in [6.45, 7) is 0. The van der Waals surface area contributed by atoms with Gasteiger partial charge in [-0.2, -0.15) is 0 Å². The highest BCUT2D eigenvalue weighted by Crippen LogP contribution is 2.32. The number of hydrogen-bond donors (Lipinski definition) is 1. The first-order chi connectivity index (χ1) is 8.72. The maximum Gasteiger partial charge on any atom is 0.126 e. The highest BCUT2D eigenvalue weighted by Gasteiger charge is 2.23. The summed E-state index contributed by atoms with van der Waals surface area (Å²) in [7, 11) is 0. The molecule has 0 aromatic heterocycles. The van der Waals surface area contributed by atoms with E-state index in [1.165, 1.54) is 6.07 Å². The van der Waals surface area contributed by atoms with Gasteiger partial charge in [0.05, 0.1) is 6.10 Å². The van der Waals surface area contributed by atoms with Crippen LogP contribution >= 0.6 is 0 Å². The minimum Gasteiger partial charge on any atom is -0.507 e. The largest absolute Gasteiger partial charge is 0.507 e. The smallest absolute Gasteiger partial charge is 0.126 e. The third-order valence-corrected chi connectivity index (χ3v) is 2.95. The average Bonchev–Trinajstić information content (AvgIpc) is 3.15. The zero-order valence-corrected chi connectivity index (χ0v) is 9.77. The van der Waals surface area contributed by atoms with Crippen LogP contribution in [0.5, 0.6) is 11.5 Å². The van der Waals surface area contributed by atoms with Crippen molar-refractivity contribution in [2.45, 2.75) is 18.9 Å². The molecular weight excluding hydrogens is 231 g/mol. The molecule has 2 aromatic rings. The molecule has 92 valence electrons. The molecule has 1 aliphatic rings. The number of hydrogen-bond acceptors (Lipinski definition) is 2. The van der Waals surface area contributed by atoms with E-state index in [1.807, 2.05) is 24.3 Å². The summed E-state index contributed by atoms with van der Waals surface area (Å²) in [5.41, 5.74) is 1.46. The zero-order valence-electron chi connectivity index (χ0n) is 9.77. The first-order valence-corrected chi connectivity index (χ1v) is 5.98. The van der Waals surface area contributed by atoms with Crippen LogP contribution in [0, 0.1) is 5.82 Å². The van der Waals surface area contributed by atoms with E-state index in [0.717, 1.165) is 30.2 Å². The maximum atomic E-state index is 12.9. The standard InChI is InChI=1S/C15H13FO2/c16-11-3-8-14(15(17)9-11)10-1-4-12(5-2-10)18-13-6-7-13/h1-5,8-9,13,17H,6-7H2. The van der Waals surface area contributed by atoms with Gasteiger partial charge in [0.2, 0.25) is 0 Å². The fourth-order valence-corrected chi connectivity index (χ4v) is 1.84. The molecule has 0 heterocycles. The lowest BCUT2D eigenvalue weighted by Gasteiger charge is -2.07. The lowest BCUT2D eigenvalue weighted by atomic mass is 10.0. The normalized spacial score (nSPS) is 14.5. The predicted molar refractivity (Wildman–Crippen MR) is 67.2 cm³/mol. The Bertz CT molecular complexity index is 559. The molecule has 1 N–H and O–H groups in total. The minimum absolute atomic E-state index is 0.0501. The summed E-state index contributed by atoms with van der Waals surface area (Å²) in [6.07, 6.45) is 2.62. The molecule has 0 atom stereocenters. The third kappa shape index (κ3) is 2.30. The van der Waals surface area contributed by atoms with Crippen LogP contribution in [0.15, 0.2) is 42.5 Å². The highest BCUT2D eigenvalue weighted by atomic mass is 19.1. The third-order valence-electron chi connectivity index (χ3n) is 2.95. The van der Waals surface area contributed by atoms with Gasteiger partial charge >= 0.3 is 0 Å². The fraction of sp³-hybridized carbons (Fsp3) is 0.200. The van der Waals surface area contributed by atoms with Crippen LogP contribution in [0.3, 0.4) is 0 Å². The van der Waals surface area contributed by atoms with Gasteiger partial charge in [-0.05, 0) is 42.7 Å². The molecule has 0 radical (unpaired) electrons. The number of benzene rings is 2. The van der Waals surface area contributed by atoms with E-state index in [2.05, 4.69) is 0 Å². The summed E-state index contributed by atoms with van der Waals surface area (Å²) in [5, 5.41) is 9.70. The van der Waals surface area contributed by atoms with Crippen molar-refractivity contribution >= 4 is 0 Å². The summed E-state index contributed by atoms with van der Waals surface area (Å²) >= 11 is 0. The van der Waals surface area contributed by atoms with Crippen LogP contribution in [0.2, 0.25) is 0 Å². The lowest BCUT2D eigenvalue weighted by Crippen LogP contribution is -1.95. The van der Waals surface area contributed by atoms with Crippen molar-refractivity contribution in [2.75, 3.05) is 0 Å². The molecule has 0 amide bonds. The van der Waals surface area contributed by atoms with Crippen molar-refractivity contribution < 1.29 is 14.2 Å². The Morgan fingerprint density at radius 1 is 1.06 bits per heavy atom. The van der Waals surface area contributed by atoms with E-state index in [4.69, 9.17) is 4.74 Å². The molecule has 0 spiro atoms. The second-order valence-corrected chi connectivity index (χ2v) is 4.50. The molecule has 18 heavy (non-hydrogen) atoms. The van der Waals surface area contributed by atoms with Gasteiger partial charge in [0, 0.05) is 11.6 Å². The molecule has 2 nitrogen and oxygen atoms in total. The van der Waals surface area contributed by atoms with Crippen LogP contribution in [0.25, 0.3) is 11.1 Å². The molecular formula is C15H13FO2. The van der Waals surface area contributed by atoms with E-state index in [-0.39, 0.29) is 5.75 Å². The Hall–Kier alpha value is -2.03. The molecule has 0 bridgehead atoms. The molecule has 0 unspecified atom stereocenters. The van der Waals surface area contributed by atoms with E-state index in [0.29, 0.717) is 11.7 Å². The SMILES string of the molecule is Oc1cc(F)ccc1-c1ccc(OC2CC2)cc1. The van der Waals surface area contributed by atoms with E-state index in [1.54, 1.807) is 6.07 Å². The molecule has 1 saturated carbocycles. The van der Waals surface area contributed by atoms with Crippen LogP contribution in [0.1, 0.15) is 12.8 Å². The molecule has 3 heteroatoms. The number of rotatable bonds is 3. The van der Waals surface area contributed by atoms with E-state index < -0.39 is 5.82 Å². The Kier molecular flexibility index (Phi) is 2.67. The number of phenols is 1. The molecule has 2 aromatic carbocycles. The second-order valence-electron chi connectivity index (χ2n) is 4.50. The number of phenolic OH excluding ortho intramolecular Hbond substituents is 1.